The molecule has 3 N–H and O–H groups in total. The van der Waals surface area contributed by atoms with Crippen LogP contribution in [0.5, 0.6) is 0 Å². The van der Waals surface area contributed by atoms with Crippen molar-refractivity contribution in [2.45, 2.75) is 69.6 Å². The molecule has 1 aliphatic rings. The summed E-state index contributed by atoms with van der Waals surface area (Å²) in [7, 11) is -0.590. The smallest absolute Gasteiger partial charge is 0.192 e. The summed E-state index contributed by atoms with van der Waals surface area (Å²) >= 11 is 0. The fourth-order valence-electron chi connectivity index (χ4n) is 1.84. The SMILES string of the molecule is CO[C@@H]1[C@@H](O)[C@H](O)O[C@H](CO[Si](C)(C)C(C)(C)C)[C@@H]1O. The highest BCUT2D eigenvalue weighted by Gasteiger charge is 2.46. The summed E-state index contributed by atoms with van der Waals surface area (Å²) in [6.45, 7) is 10.7. The van der Waals surface area contributed by atoms with Crippen LogP contribution in [0.15, 0.2) is 0 Å². The lowest BCUT2D eigenvalue weighted by Gasteiger charge is -2.42. The van der Waals surface area contributed by atoms with E-state index in [0.29, 0.717) is 0 Å². The highest BCUT2D eigenvalue weighted by Crippen LogP contribution is 2.37. The zero-order valence-electron chi connectivity index (χ0n) is 13.2. The first-order valence-electron chi connectivity index (χ1n) is 6.87. The maximum absolute atomic E-state index is 10.1. The van der Waals surface area contributed by atoms with Crippen LogP contribution in [0, 0.1) is 0 Å². The van der Waals surface area contributed by atoms with Gasteiger partial charge in [-0.15, -0.1) is 0 Å². The van der Waals surface area contributed by atoms with Crippen LogP contribution in [0.2, 0.25) is 18.1 Å². The summed E-state index contributed by atoms with van der Waals surface area (Å²) in [4.78, 5) is 0. The topological polar surface area (TPSA) is 88.4 Å². The van der Waals surface area contributed by atoms with Crippen LogP contribution in [-0.4, -0.2) is 68.1 Å². The van der Waals surface area contributed by atoms with Gasteiger partial charge in [0.2, 0.25) is 0 Å². The fourth-order valence-corrected chi connectivity index (χ4v) is 2.85. The van der Waals surface area contributed by atoms with Gasteiger partial charge in [0, 0.05) is 7.11 Å². The van der Waals surface area contributed by atoms with Gasteiger partial charge in [0.25, 0.3) is 0 Å². The third kappa shape index (κ3) is 3.79. The minimum atomic E-state index is -1.97. The van der Waals surface area contributed by atoms with E-state index in [1.54, 1.807) is 0 Å². The molecule has 120 valence electrons. The number of ether oxygens (including phenoxy) is 2. The molecule has 1 rings (SSSR count). The Bertz CT molecular complexity index is 316. The van der Waals surface area contributed by atoms with E-state index < -0.39 is 39.0 Å². The van der Waals surface area contributed by atoms with Crippen molar-refractivity contribution in [2.24, 2.45) is 0 Å². The summed E-state index contributed by atoms with van der Waals surface area (Å²) < 4.78 is 16.2. The third-order valence-corrected chi connectivity index (χ3v) is 8.85. The molecule has 0 amide bonds. The van der Waals surface area contributed by atoms with Crippen molar-refractivity contribution >= 4 is 8.32 Å². The molecular formula is C13H28O6Si. The van der Waals surface area contributed by atoms with E-state index in [9.17, 15) is 15.3 Å². The van der Waals surface area contributed by atoms with Crippen LogP contribution < -0.4 is 0 Å². The van der Waals surface area contributed by atoms with Crippen molar-refractivity contribution < 1.29 is 29.2 Å². The Morgan fingerprint density at radius 3 is 2.10 bits per heavy atom. The maximum atomic E-state index is 10.1. The normalized spacial score (nSPS) is 36.1. The summed E-state index contributed by atoms with van der Waals surface area (Å²) in [6, 6.07) is 0. The van der Waals surface area contributed by atoms with E-state index in [-0.39, 0.29) is 11.6 Å². The first-order valence-corrected chi connectivity index (χ1v) is 9.78. The molecule has 1 aliphatic heterocycles. The van der Waals surface area contributed by atoms with Crippen LogP contribution in [0.3, 0.4) is 0 Å². The molecule has 0 unspecified atom stereocenters. The van der Waals surface area contributed by atoms with Gasteiger partial charge >= 0.3 is 0 Å². The Kier molecular flexibility index (Phi) is 5.76. The van der Waals surface area contributed by atoms with Crippen LogP contribution in [0.4, 0.5) is 0 Å². The summed E-state index contributed by atoms with van der Waals surface area (Å²) in [5.74, 6) is 0. The molecule has 20 heavy (non-hydrogen) atoms. The van der Waals surface area contributed by atoms with Gasteiger partial charge in [-0.3, -0.25) is 0 Å². The van der Waals surface area contributed by atoms with Crippen molar-refractivity contribution in [2.75, 3.05) is 13.7 Å². The second-order valence-electron chi connectivity index (χ2n) is 6.82. The molecule has 0 aromatic rings. The van der Waals surface area contributed by atoms with Crippen LogP contribution >= 0.6 is 0 Å². The lowest BCUT2D eigenvalue weighted by Crippen LogP contribution is -2.60. The minimum absolute atomic E-state index is 0.0470. The third-order valence-electron chi connectivity index (χ3n) is 4.35. The van der Waals surface area contributed by atoms with E-state index >= 15 is 0 Å². The molecule has 0 saturated carbocycles. The molecule has 1 fully saturated rings. The fraction of sp³-hybridized carbons (Fsp3) is 1.00. The number of methoxy groups -OCH3 is 1. The molecule has 5 atom stereocenters. The Hall–Kier alpha value is -0.0231. The summed E-state index contributed by atoms with van der Waals surface area (Å²) in [6.07, 6.45) is -5.28. The van der Waals surface area contributed by atoms with E-state index in [1.807, 2.05) is 0 Å². The van der Waals surface area contributed by atoms with Crippen molar-refractivity contribution in [1.29, 1.82) is 0 Å². The standard InChI is InChI=1S/C13H28O6Si/c1-13(2,3)20(5,6)18-7-8-9(14)11(17-4)10(15)12(16)19-8/h8-12,14-16H,7H2,1-6H3/t8-,9+,10-,11+,12-/m1/s1. The number of hydrogen-bond acceptors (Lipinski definition) is 6. The van der Waals surface area contributed by atoms with E-state index in [4.69, 9.17) is 13.9 Å². The highest BCUT2D eigenvalue weighted by molar-refractivity contribution is 6.74. The highest BCUT2D eigenvalue weighted by atomic mass is 28.4. The van der Waals surface area contributed by atoms with E-state index in [1.165, 1.54) is 7.11 Å². The quantitative estimate of drug-likeness (QED) is 0.654. The predicted octanol–water partition coefficient (Wildman–Crippen LogP) is 0.462. The van der Waals surface area contributed by atoms with Gasteiger partial charge in [-0.2, -0.15) is 0 Å². The zero-order chi connectivity index (χ0) is 15.7. The second-order valence-corrected chi connectivity index (χ2v) is 11.6. The number of rotatable bonds is 4. The summed E-state index contributed by atoms with van der Waals surface area (Å²) in [5.41, 5.74) is 0. The first-order chi connectivity index (χ1) is 9.01. The Labute approximate surface area is 121 Å². The first kappa shape index (κ1) is 18.0. The van der Waals surface area contributed by atoms with Gasteiger partial charge in [-0.05, 0) is 18.1 Å². The van der Waals surface area contributed by atoms with Gasteiger partial charge in [0.05, 0.1) is 6.61 Å². The Balaban J connectivity index is 2.68. The van der Waals surface area contributed by atoms with Crippen molar-refractivity contribution in [3.05, 3.63) is 0 Å². The summed E-state index contributed by atoms with van der Waals surface area (Å²) in [5, 5.41) is 29.5. The molecule has 0 aromatic heterocycles. The zero-order valence-corrected chi connectivity index (χ0v) is 14.2. The maximum Gasteiger partial charge on any atom is 0.192 e. The predicted molar refractivity (Wildman–Crippen MR) is 76.8 cm³/mol. The van der Waals surface area contributed by atoms with Gasteiger partial charge in [0.15, 0.2) is 14.6 Å². The van der Waals surface area contributed by atoms with Gasteiger partial charge in [-0.25, -0.2) is 0 Å². The van der Waals surface area contributed by atoms with E-state index in [0.717, 1.165) is 0 Å². The molecular weight excluding hydrogens is 280 g/mol. The van der Waals surface area contributed by atoms with Gasteiger partial charge in [-0.1, -0.05) is 20.8 Å². The van der Waals surface area contributed by atoms with Crippen molar-refractivity contribution in [3.8, 4) is 0 Å². The molecule has 6 nitrogen and oxygen atoms in total. The minimum Gasteiger partial charge on any atom is -0.414 e. The van der Waals surface area contributed by atoms with E-state index in [2.05, 4.69) is 33.9 Å². The molecule has 0 aromatic carbocycles. The van der Waals surface area contributed by atoms with Gasteiger partial charge < -0.3 is 29.2 Å². The average molecular weight is 308 g/mol. The van der Waals surface area contributed by atoms with Gasteiger partial charge in [0.1, 0.15) is 24.4 Å². The Morgan fingerprint density at radius 2 is 1.65 bits per heavy atom. The van der Waals surface area contributed by atoms with Crippen LogP contribution in [0.25, 0.3) is 0 Å². The molecule has 0 radical (unpaired) electrons. The lowest BCUT2D eigenvalue weighted by molar-refractivity contribution is -0.290. The monoisotopic (exact) mass is 308 g/mol. The number of aliphatic hydroxyl groups is 3. The Morgan fingerprint density at radius 1 is 1.10 bits per heavy atom. The van der Waals surface area contributed by atoms with Crippen molar-refractivity contribution in [3.63, 3.8) is 0 Å². The van der Waals surface area contributed by atoms with Crippen molar-refractivity contribution in [1.82, 2.24) is 0 Å². The average Bonchev–Trinajstić information content (AvgIpc) is 2.31. The number of aliphatic hydroxyl groups excluding tert-OH is 3. The molecule has 0 aliphatic carbocycles. The second kappa shape index (κ2) is 6.39. The van der Waals surface area contributed by atoms with Crippen LogP contribution in [0.1, 0.15) is 20.8 Å². The molecule has 0 spiro atoms. The number of hydrogen-bond donors (Lipinski definition) is 3. The molecule has 7 heteroatoms. The largest absolute Gasteiger partial charge is 0.414 e. The molecule has 0 bridgehead atoms. The van der Waals surface area contributed by atoms with Crippen LogP contribution in [-0.2, 0) is 13.9 Å². The lowest BCUT2D eigenvalue weighted by atomic mass is 9.99. The molecule has 1 saturated heterocycles. The molecule has 1 heterocycles.